The Labute approximate surface area is 203 Å². The summed E-state index contributed by atoms with van der Waals surface area (Å²) in [6.07, 6.45) is 4.86. The van der Waals surface area contributed by atoms with Gasteiger partial charge in [-0.2, -0.15) is 0 Å². The molecule has 0 spiro atoms. The molecule has 27 heavy (non-hydrogen) atoms. The summed E-state index contributed by atoms with van der Waals surface area (Å²) in [5, 5.41) is 20.3. The fourth-order valence-corrected chi connectivity index (χ4v) is 6.23. The van der Waals surface area contributed by atoms with E-state index in [0.717, 1.165) is 43.2 Å². The molecule has 4 rings (SSSR count). The summed E-state index contributed by atoms with van der Waals surface area (Å²) in [4.78, 5) is 22.3. The summed E-state index contributed by atoms with van der Waals surface area (Å²) in [5.41, 5.74) is 1.56. The number of benzene rings is 1. The third kappa shape index (κ3) is 4.36. The van der Waals surface area contributed by atoms with Crippen LogP contribution in [0, 0.1) is 17.3 Å². The van der Waals surface area contributed by atoms with Gasteiger partial charge in [0.05, 0.1) is 6.10 Å². The second-order valence-corrected chi connectivity index (χ2v) is 9.19. The number of aliphatic hydroxyl groups is 1. The zero-order valence-corrected chi connectivity index (χ0v) is 21.1. The van der Waals surface area contributed by atoms with Gasteiger partial charge in [0.1, 0.15) is 19.3 Å². The van der Waals surface area contributed by atoms with Gasteiger partial charge in [-0.1, -0.05) is 6.92 Å². The van der Waals surface area contributed by atoms with Crippen LogP contribution >= 0.6 is 7.82 Å². The number of phenols is 1. The molecule has 1 aromatic carbocycles. The van der Waals surface area contributed by atoms with Gasteiger partial charge in [-0.25, -0.2) is 0 Å². The molecule has 2 fully saturated rings. The minimum Gasteiger partial charge on any atom is -0.780 e. The van der Waals surface area contributed by atoms with E-state index in [1.165, 1.54) is 6.07 Å². The van der Waals surface area contributed by atoms with Crippen molar-refractivity contribution in [2.45, 2.75) is 57.5 Å². The first kappa shape index (κ1) is 24.2. The Kier molecular flexibility index (Phi) is 7.69. The van der Waals surface area contributed by atoms with Crippen LogP contribution in [0.3, 0.4) is 0 Å². The quantitative estimate of drug-likeness (QED) is 0.377. The van der Waals surface area contributed by atoms with E-state index in [4.69, 9.17) is 4.52 Å². The van der Waals surface area contributed by atoms with Gasteiger partial charge in [0.15, 0.2) is 0 Å². The van der Waals surface area contributed by atoms with E-state index in [2.05, 4.69) is 6.92 Å². The topological polar surface area (TPSA) is 113 Å². The maximum absolute atomic E-state index is 11.2. The second kappa shape index (κ2) is 8.58. The molecule has 3 aliphatic carbocycles. The predicted octanol–water partition coefficient (Wildman–Crippen LogP) is -4.18. The molecule has 0 saturated heterocycles. The number of phosphoric acid groups is 1. The molecule has 6 nitrogen and oxygen atoms in total. The largest absolute Gasteiger partial charge is 1.00 e. The molecule has 3 aliphatic rings. The molecular formula is C18H23Na2O6P. The molecule has 0 radical (unpaired) electrons. The molecule has 5 atom stereocenters. The van der Waals surface area contributed by atoms with E-state index >= 15 is 0 Å². The van der Waals surface area contributed by atoms with Crippen molar-refractivity contribution in [3.63, 3.8) is 0 Å². The van der Waals surface area contributed by atoms with Gasteiger partial charge in [0.2, 0.25) is 0 Å². The maximum atomic E-state index is 11.2. The van der Waals surface area contributed by atoms with Crippen molar-refractivity contribution >= 4 is 7.82 Å². The Morgan fingerprint density at radius 2 is 1.89 bits per heavy atom. The zero-order chi connectivity index (χ0) is 18.0. The van der Waals surface area contributed by atoms with Crippen LogP contribution in [0.25, 0.3) is 0 Å². The average Bonchev–Trinajstić information content (AvgIpc) is 2.80. The van der Waals surface area contributed by atoms with Gasteiger partial charge in [0.25, 0.3) is 0 Å². The van der Waals surface area contributed by atoms with Crippen LogP contribution in [-0.4, -0.2) is 16.3 Å². The molecule has 0 aromatic heterocycles. The number of aromatic hydroxyl groups is 1. The average molecular weight is 412 g/mol. The number of aryl methyl sites for hydroxylation is 1. The third-order valence-electron chi connectivity index (χ3n) is 6.93. The molecule has 2 saturated carbocycles. The van der Waals surface area contributed by atoms with Gasteiger partial charge in [-0.05, 0) is 73.3 Å². The van der Waals surface area contributed by atoms with Crippen LogP contribution in [0.2, 0.25) is 0 Å². The molecule has 138 valence electrons. The van der Waals surface area contributed by atoms with E-state index in [9.17, 15) is 24.6 Å². The Hall–Kier alpha value is 0.930. The summed E-state index contributed by atoms with van der Waals surface area (Å²) in [5.74, 6) is 0.738. The van der Waals surface area contributed by atoms with Gasteiger partial charge in [-0.3, -0.25) is 0 Å². The number of hydrogen-bond acceptors (Lipinski definition) is 6. The first-order valence-corrected chi connectivity index (χ1v) is 10.4. The summed E-state index contributed by atoms with van der Waals surface area (Å²) < 4.78 is 15.9. The SMILES string of the molecule is C[C@]12CC[C@@H]3c4c(cc(O)cc4OP(=O)([O-])[O-])CC[C@H]3[C@@H]1CC[C@H]2O.[Na+].[Na+]. The van der Waals surface area contributed by atoms with Crippen molar-refractivity contribution in [1.82, 2.24) is 0 Å². The van der Waals surface area contributed by atoms with E-state index in [0.29, 0.717) is 18.3 Å². The number of phenolic OH excluding ortho intramolecular Hbond substituents is 1. The Balaban J connectivity index is 0.00000131. The minimum atomic E-state index is -5.20. The van der Waals surface area contributed by atoms with E-state index in [1.54, 1.807) is 6.07 Å². The molecule has 0 heterocycles. The fourth-order valence-electron chi connectivity index (χ4n) is 5.84. The predicted molar refractivity (Wildman–Crippen MR) is 87.0 cm³/mol. The second-order valence-electron chi connectivity index (χ2n) is 8.11. The zero-order valence-electron chi connectivity index (χ0n) is 16.2. The van der Waals surface area contributed by atoms with Gasteiger partial charge in [0, 0.05) is 11.6 Å². The molecular weight excluding hydrogens is 389 g/mol. The van der Waals surface area contributed by atoms with Crippen LogP contribution < -0.4 is 73.4 Å². The molecule has 0 bridgehead atoms. The summed E-state index contributed by atoms with van der Waals surface area (Å²) in [7, 11) is -5.20. The third-order valence-corrected chi connectivity index (χ3v) is 7.35. The van der Waals surface area contributed by atoms with E-state index in [-0.39, 0.29) is 88.1 Å². The Morgan fingerprint density at radius 1 is 1.19 bits per heavy atom. The fraction of sp³-hybridized carbons (Fsp3) is 0.667. The standard InChI is InChI=1S/C18H25O6P.2Na/c1-18-7-6-13-12(14(18)4-5-16(18)20)3-2-10-8-11(19)9-15(17(10)13)24-25(21,22)23;;/h8-9,12-14,16,19-20H,2-7H2,1H3,(H2,21,22,23);;/q;2*+1/p-2/t12-,13+,14+,16-,18+;;/m1../s1. The number of rotatable bonds is 2. The van der Waals surface area contributed by atoms with Gasteiger partial charge in [-0.15, -0.1) is 0 Å². The van der Waals surface area contributed by atoms with Gasteiger partial charge >= 0.3 is 59.1 Å². The van der Waals surface area contributed by atoms with E-state index in [1.807, 2.05) is 0 Å². The van der Waals surface area contributed by atoms with Crippen molar-refractivity contribution in [2.75, 3.05) is 0 Å². The smallest absolute Gasteiger partial charge is 0.780 e. The molecule has 0 amide bonds. The number of hydrogen-bond donors (Lipinski definition) is 2. The summed E-state index contributed by atoms with van der Waals surface area (Å²) in [6, 6.07) is 2.89. The van der Waals surface area contributed by atoms with E-state index < -0.39 is 7.82 Å². The molecule has 0 aliphatic heterocycles. The normalized spacial score (nSPS) is 34.4. The van der Waals surface area contributed by atoms with Crippen molar-refractivity contribution in [3.05, 3.63) is 23.3 Å². The van der Waals surface area contributed by atoms with Crippen LogP contribution in [0.1, 0.15) is 56.1 Å². The van der Waals surface area contributed by atoms with Gasteiger partial charge < -0.3 is 29.1 Å². The van der Waals surface area contributed by atoms with Crippen LogP contribution in [0.4, 0.5) is 0 Å². The molecule has 0 unspecified atom stereocenters. The Morgan fingerprint density at radius 3 is 2.56 bits per heavy atom. The Bertz CT molecular complexity index is 754. The summed E-state index contributed by atoms with van der Waals surface area (Å²) >= 11 is 0. The number of fused-ring (bicyclic) bond motifs is 5. The summed E-state index contributed by atoms with van der Waals surface area (Å²) in [6.45, 7) is 2.17. The molecule has 2 N–H and O–H groups in total. The van der Waals surface area contributed by atoms with Crippen LogP contribution in [0.15, 0.2) is 12.1 Å². The van der Waals surface area contributed by atoms with Crippen molar-refractivity contribution in [3.8, 4) is 11.5 Å². The minimum absolute atomic E-state index is 0. The maximum Gasteiger partial charge on any atom is 1.00 e. The van der Waals surface area contributed by atoms with Crippen molar-refractivity contribution in [2.24, 2.45) is 17.3 Å². The molecule has 9 heteroatoms. The first-order valence-electron chi connectivity index (χ1n) is 8.94. The number of phosphoric ester groups is 1. The van der Waals surface area contributed by atoms with Crippen LogP contribution in [0.5, 0.6) is 11.5 Å². The monoisotopic (exact) mass is 412 g/mol. The first-order chi connectivity index (χ1) is 11.7. The van der Waals surface area contributed by atoms with Crippen molar-refractivity contribution in [1.29, 1.82) is 0 Å². The van der Waals surface area contributed by atoms with Crippen molar-refractivity contribution < 1.29 is 88.2 Å². The number of aliphatic hydroxyl groups excluding tert-OH is 1. The van der Waals surface area contributed by atoms with Crippen LogP contribution in [-0.2, 0) is 11.0 Å². The molecule has 1 aromatic rings.